The molecule has 0 spiro atoms. The van der Waals surface area contributed by atoms with Crippen molar-refractivity contribution in [2.24, 2.45) is 0 Å². The van der Waals surface area contributed by atoms with E-state index in [4.69, 9.17) is 0 Å². The predicted octanol–water partition coefficient (Wildman–Crippen LogP) is 3.25. The summed E-state index contributed by atoms with van der Waals surface area (Å²) in [4.78, 5) is 28.9. The molecule has 2 atom stereocenters. The summed E-state index contributed by atoms with van der Waals surface area (Å²) in [6.45, 7) is 3.60. The lowest BCUT2D eigenvalue weighted by atomic mass is 10.0. The maximum Gasteiger partial charge on any atom is 0.313 e. The molecule has 7 heteroatoms. The number of fused-ring (bicyclic) bond motifs is 1. The van der Waals surface area contributed by atoms with Gasteiger partial charge in [0.1, 0.15) is 5.82 Å². The molecule has 2 unspecified atom stereocenters. The van der Waals surface area contributed by atoms with Gasteiger partial charge in [-0.2, -0.15) is 0 Å². The fourth-order valence-electron chi connectivity index (χ4n) is 3.11. The third-order valence-corrected chi connectivity index (χ3v) is 4.63. The second-order valence-electron chi connectivity index (χ2n) is 6.96. The zero-order valence-corrected chi connectivity index (χ0v) is 16.1. The summed E-state index contributed by atoms with van der Waals surface area (Å²) < 4.78 is 13.0. The van der Waals surface area contributed by atoms with Crippen molar-refractivity contribution in [1.82, 2.24) is 10.3 Å². The third-order valence-electron chi connectivity index (χ3n) is 4.63. The highest BCUT2D eigenvalue weighted by atomic mass is 19.1. The minimum atomic E-state index is -0.888. The standard InChI is InChI=1S/C22H22FN3O3/c1-13-5-10-18(17-4-3-11-24-20(13)17)26-22(29)21(28)25-14(2)12-19(27)15-6-8-16(23)9-7-15/h3-11,14,19,27H,12H2,1-2H3,(H,25,28)(H,26,29). The van der Waals surface area contributed by atoms with Gasteiger partial charge in [0, 0.05) is 17.6 Å². The van der Waals surface area contributed by atoms with E-state index in [9.17, 15) is 19.1 Å². The Kier molecular flexibility index (Phi) is 6.19. The number of nitrogens with one attached hydrogen (secondary N) is 2. The van der Waals surface area contributed by atoms with Gasteiger partial charge in [0.2, 0.25) is 0 Å². The molecule has 3 N–H and O–H groups in total. The first-order valence-corrected chi connectivity index (χ1v) is 9.25. The van der Waals surface area contributed by atoms with E-state index in [0.717, 1.165) is 16.5 Å². The Morgan fingerprint density at radius 1 is 1.10 bits per heavy atom. The van der Waals surface area contributed by atoms with Gasteiger partial charge < -0.3 is 15.7 Å². The number of amides is 2. The number of aliphatic hydroxyl groups excluding tert-OH is 1. The van der Waals surface area contributed by atoms with Crippen LogP contribution in [0, 0.1) is 12.7 Å². The number of pyridine rings is 1. The van der Waals surface area contributed by atoms with E-state index in [1.54, 1.807) is 25.3 Å². The van der Waals surface area contributed by atoms with E-state index in [2.05, 4.69) is 15.6 Å². The Labute approximate surface area is 167 Å². The van der Waals surface area contributed by atoms with Gasteiger partial charge in [0.05, 0.1) is 17.3 Å². The van der Waals surface area contributed by atoms with Crippen LogP contribution in [0.5, 0.6) is 0 Å². The second-order valence-corrected chi connectivity index (χ2v) is 6.96. The summed E-state index contributed by atoms with van der Waals surface area (Å²) in [5.41, 5.74) is 2.75. The summed E-state index contributed by atoms with van der Waals surface area (Å²) in [7, 11) is 0. The number of aryl methyl sites for hydroxylation is 1. The highest BCUT2D eigenvalue weighted by Gasteiger charge is 2.20. The molecule has 0 fully saturated rings. The minimum Gasteiger partial charge on any atom is -0.388 e. The molecule has 0 radical (unpaired) electrons. The van der Waals surface area contributed by atoms with Gasteiger partial charge in [-0.15, -0.1) is 0 Å². The Morgan fingerprint density at radius 2 is 1.83 bits per heavy atom. The highest BCUT2D eigenvalue weighted by Crippen LogP contribution is 2.24. The molecule has 1 aromatic heterocycles. The summed E-state index contributed by atoms with van der Waals surface area (Å²) >= 11 is 0. The van der Waals surface area contributed by atoms with Crippen molar-refractivity contribution < 1.29 is 19.1 Å². The number of aliphatic hydroxyl groups is 1. The molecule has 2 aromatic carbocycles. The molecule has 0 aliphatic heterocycles. The van der Waals surface area contributed by atoms with Crippen molar-refractivity contribution in [3.8, 4) is 0 Å². The molecule has 6 nitrogen and oxygen atoms in total. The van der Waals surface area contributed by atoms with Gasteiger partial charge >= 0.3 is 11.8 Å². The Bertz CT molecular complexity index is 1040. The molecule has 1 heterocycles. The molecule has 150 valence electrons. The van der Waals surface area contributed by atoms with Crippen molar-refractivity contribution >= 4 is 28.4 Å². The number of carbonyl (C=O) groups excluding carboxylic acids is 2. The number of aromatic nitrogens is 1. The van der Waals surface area contributed by atoms with Crippen LogP contribution in [0.1, 0.15) is 30.6 Å². The molecule has 0 bridgehead atoms. The Balaban J connectivity index is 1.61. The largest absolute Gasteiger partial charge is 0.388 e. The first-order valence-electron chi connectivity index (χ1n) is 9.25. The lowest BCUT2D eigenvalue weighted by Crippen LogP contribution is -2.41. The quantitative estimate of drug-likeness (QED) is 0.579. The molecule has 0 saturated carbocycles. The summed E-state index contributed by atoms with van der Waals surface area (Å²) in [6, 6.07) is 12.2. The van der Waals surface area contributed by atoms with E-state index < -0.39 is 29.8 Å². The lowest BCUT2D eigenvalue weighted by Gasteiger charge is -2.18. The van der Waals surface area contributed by atoms with E-state index >= 15 is 0 Å². The third kappa shape index (κ3) is 4.94. The van der Waals surface area contributed by atoms with Crippen LogP contribution < -0.4 is 10.6 Å². The van der Waals surface area contributed by atoms with Crippen LogP contribution in [0.2, 0.25) is 0 Å². The van der Waals surface area contributed by atoms with E-state index in [1.165, 1.54) is 24.3 Å². The van der Waals surface area contributed by atoms with Crippen molar-refractivity contribution in [3.63, 3.8) is 0 Å². The van der Waals surface area contributed by atoms with Crippen molar-refractivity contribution in [1.29, 1.82) is 0 Å². The smallest absolute Gasteiger partial charge is 0.313 e. The van der Waals surface area contributed by atoms with Crippen molar-refractivity contribution in [3.05, 3.63) is 71.7 Å². The lowest BCUT2D eigenvalue weighted by molar-refractivity contribution is -0.136. The monoisotopic (exact) mass is 395 g/mol. The van der Waals surface area contributed by atoms with Crippen LogP contribution in [-0.4, -0.2) is 27.9 Å². The maximum atomic E-state index is 13.0. The average Bonchev–Trinajstić information content (AvgIpc) is 2.70. The number of nitrogens with zero attached hydrogens (tertiary/aromatic N) is 1. The Hall–Kier alpha value is -3.32. The van der Waals surface area contributed by atoms with Crippen molar-refractivity contribution in [2.45, 2.75) is 32.4 Å². The zero-order chi connectivity index (χ0) is 21.0. The molecule has 3 rings (SSSR count). The van der Waals surface area contributed by atoms with E-state index in [-0.39, 0.29) is 6.42 Å². The van der Waals surface area contributed by atoms with Crippen LogP contribution in [-0.2, 0) is 9.59 Å². The van der Waals surface area contributed by atoms with Crippen LogP contribution in [0.4, 0.5) is 10.1 Å². The second kappa shape index (κ2) is 8.79. The minimum absolute atomic E-state index is 0.183. The molecule has 2 amide bonds. The number of anilines is 1. The summed E-state index contributed by atoms with van der Waals surface area (Å²) in [5, 5.41) is 16.2. The molecule has 0 aliphatic carbocycles. The molecule has 29 heavy (non-hydrogen) atoms. The summed E-state index contributed by atoms with van der Waals surface area (Å²) in [6.07, 6.45) is 0.963. The molecular weight excluding hydrogens is 373 g/mol. The summed E-state index contributed by atoms with van der Waals surface area (Å²) in [5.74, 6) is -2.00. The van der Waals surface area contributed by atoms with Gasteiger partial charge in [-0.1, -0.05) is 18.2 Å². The van der Waals surface area contributed by atoms with Gasteiger partial charge in [-0.05, 0) is 61.7 Å². The Morgan fingerprint density at radius 3 is 2.55 bits per heavy atom. The van der Waals surface area contributed by atoms with E-state index in [1.807, 2.05) is 19.1 Å². The van der Waals surface area contributed by atoms with Crippen LogP contribution in [0.25, 0.3) is 10.9 Å². The predicted molar refractivity (Wildman–Crippen MR) is 109 cm³/mol. The van der Waals surface area contributed by atoms with Crippen LogP contribution >= 0.6 is 0 Å². The molecule has 0 saturated heterocycles. The normalized spacial score (nSPS) is 13.0. The van der Waals surface area contributed by atoms with Gasteiger partial charge in [-0.25, -0.2) is 4.39 Å². The van der Waals surface area contributed by atoms with Gasteiger partial charge in [0.25, 0.3) is 0 Å². The number of hydrogen-bond acceptors (Lipinski definition) is 4. The number of hydrogen-bond donors (Lipinski definition) is 3. The first-order chi connectivity index (χ1) is 13.8. The number of carbonyl (C=O) groups is 2. The van der Waals surface area contributed by atoms with Crippen molar-refractivity contribution in [2.75, 3.05) is 5.32 Å². The fraction of sp³-hybridized carbons (Fsp3) is 0.227. The average molecular weight is 395 g/mol. The molecular formula is C22H22FN3O3. The van der Waals surface area contributed by atoms with Crippen LogP contribution in [0.3, 0.4) is 0 Å². The molecule has 3 aromatic rings. The fourth-order valence-corrected chi connectivity index (χ4v) is 3.11. The maximum absolute atomic E-state index is 13.0. The highest BCUT2D eigenvalue weighted by molar-refractivity contribution is 6.40. The van der Waals surface area contributed by atoms with Gasteiger partial charge in [0.15, 0.2) is 0 Å². The van der Waals surface area contributed by atoms with E-state index in [0.29, 0.717) is 11.3 Å². The molecule has 0 aliphatic rings. The SMILES string of the molecule is Cc1ccc(NC(=O)C(=O)NC(C)CC(O)c2ccc(F)cc2)c2cccnc12. The topological polar surface area (TPSA) is 91.3 Å². The van der Waals surface area contributed by atoms with Gasteiger partial charge in [-0.3, -0.25) is 14.6 Å². The first kappa shape index (κ1) is 20.4. The number of halogens is 1. The number of benzene rings is 2. The zero-order valence-electron chi connectivity index (χ0n) is 16.1. The van der Waals surface area contributed by atoms with Crippen LogP contribution in [0.15, 0.2) is 54.7 Å². The number of rotatable bonds is 5.